The van der Waals surface area contributed by atoms with Crippen LogP contribution in [0.25, 0.3) is 0 Å². The zero-order chi connectivity index (χ0) is 8.97. The van der Waals surface area contributed by atoms with Crippen LogP contribution < -0.4 is 0 Å². The lowest BCUT2D eigenvalue weighted by Crippen LogP contribution is -2.01. The van der Waals surface area contributed by atoms with Crippen LogP contribution in [0, 0.1) is 6.92 Å². The maximum absolute atomic E-state index is 4.96. The van der Waals surface area contributed by atoms with Crippen LogP contribution in [0.5, 0.6) is 0 Å². The van der Waals surface area contributed by atoms with E-state index in [-0.39, 0.29) is 0 Å². The zero-order valence-corrected chi connectivity index (χ0v) is 7.79. The Morgan fingerprint density at radius 3 is 2.75 bits per heavy atom. The van der Waals surface area contributed by atoms with Gasteiger partial charge in [-0.1, -0.05) is 6.92 Å². The van der Waals surface area contributed by atoms with Crippen LogP contribution in [0.15, 0.2) is 6.07 Å². The molecule has 0 bridgehead atoms. The molecule has 0 aliphatic heterocycles. The summed E-state index contributed by atoms with van der Waals surface area (Å²) in [6.07, 6.45) is 0.945. The van der Waals surface area contributed by atoms with Gasteiger partial charge in [0, 0.05) is 18.5 Å². The van der Waals surface area contributed by atoms with Crippen LogP contribution >= 0.6 is 0 Å². The Balaban J connectivity index is 2.90. The van der Waals surface area contributed by atoms with E-state index in [9.17, 15) is 0 Å². The summed E-state index contributed by atoms with van der Waals surface area (Å²) in [5.41, 5.74) is 2.09. The molecule has 0 aromatic carbocycles. The first-order chi connectivity index (χ1) is 5.76. The van der Waals surface area contributed by atoms with Crippen molar-refractivity contribution in [1.29, 1.82) is 0 Å². The molecule has 0 atom stereocenters. The van der Waals surface area contributed by atoms with E-state index in [2.05, 4.69) is 16.9 Å². The average Bonchev–Trinajstić information content (AvgIpc) is 2.04. The zero-order valence-electron chi connectivity index (χ0n) is 7.79. The first-order valence-electron chi connectivity index (χ1n) is 4.08. The summed E-state index contributed by atoms with van der Waals surface area (Å²) >= 11 is 0. The smallest absolute Gasteiger partial charge is 0.154 e. The Hall–Kier alpha value is -0.960. The van der Waals surface area contributed by atoms with E-state index in [1.165, 1.54) is 0 Å². The highest BCUT2D eigenvalue weighted by Gasteiger charge is 1.99. The summed E-state index contributed by atoms with van der Waals surface area (Å²) in [6, 6.07) is 2.00. The Labute approximate surface area is 72.8 Å². The van der Waals surface area contributed by atoms with Gasteiger partial charge in [-0.2, -0.15) is 0 Å². The molecule has 0 saturated carbocycles. The molecule has 0 fully saturated rings. The van der Waals surface area contributed by atoms with Crippen LogP contribution in [0.4, 0.5) is 0 Å². The molecule has 0 amide bonds. The molecular formula is C9H14N2O. The van der Waals surface area contributed by atoms with E-state index in [1.54, 1.807) is 7.11 Å². The monoisotopic (exact) mass is 166 g/mol. The predicted octanol–water partition coefficient (Wildman–Crippen LogP) is 1.49. The summed E-state index contributed by atoms with van der Waals surface area (Å²) in [6.45, 7) is 4.55. The Bertz CT molecular complexity index is 261. The maximum Gasteiger partial charge on any atom is 0.154 e. The van der Waals surface area contributed by atoms with Gasteiger partial charge < -0.3 is 4.74 Å². The van der Waals surface area contributed by atoms with Crippen LogP contribution in [-0.4, -0.2) is 17.1 Å². The molecule has 1 aromatic rings. The van der Waals surface area contributed by atoms with Gasteiger partial charge in [0.2, 0.25) is 0 Å². The Morgan fingerprint density at radius 1 is 1.42 bits per heavy atom. The van der Waals surface area contributed by atoms with Crippen LogP contribution in [-0.2, 0) is 17.8 Å². The minimum absolute atomic E-state index is 0.495. The highest BCUT2D eigenvalue weighted by atomic mass is 16.5. The number of aromatic nitrogens is 2. The van der Waals surface area contributed by atoms with Gasteiger partial charge >= 0.3 is 0 Å². The van der Waals surface area contributed by atoms with Crippen molar-refractivity contribution < 1.29 is 4.74 Å². The maximum atomic E-state index is 4.96. The molecule has 0 N–H and O–H groups in total. The molecule has 1 rings (SSSR count). The summed E-state index contributed by atoms with van der Waals surface area (Å²) in [5.74, 6) is 0.773. The molecule has 0 aliphatic carbocycles. The van der Waals surface area contributed by atoms with Crippen molar-refractivity contribution in [1.82, 2.24) is 9.97 Å². The quantitative estimate of drug-likeness (QED) is 0.682. The van der Waals surface area contributed by atoms with E-state index >= 15 is 0 Å². The van der Waals surface area contributed by atoms with Crippen molar-refractivity contribution in [2.75, 3.05) is 7.11 Å². The molecule has 66 valence electrons. The third-order valence-corrected chi connectivity index (χ3v) is 1.59. The lowest BCUT2D eigenvalue weighted by atomic mass is 10.3. The Kier molecular flexibility index (Phi) is 3.17. The van der Waals surface area contributed by atoms with Crippen molar-refractivity contribution in [3.8, 4) is 0 Å². The van der Waals surface area contributed by atoms with Gasteiger partial charge in [0.1, 0.15) is 6.61 Å². The molecule has 1 aromatic heterocycles. The summed E-state index contributed by atoms with van der Waals surface area (Å²) in [4.78, 5) is 8.54. The van der Waals surface area contributed by atoms with Gasteiger partial charge in [-0.3, -0.25) is 0 Å². The van der Waals surface area contributed by atoms with Crippen LogP contribution in [0.2, 0.25) is 0 Å². The summed E-state index contributed by atoms with van der Waals surface area (Å²) < 4.78 is 4.96. The predicted molar refractivity (Wildman–Crippen MR) is 46.9 cm³/mol. The van der Waals surface area contributed by atoms with Crippen LogP contribution in [0.3, 0.4) is 0 Å². The molecule has 0 saturated heterocycles. The average molecular weight is 166 g/mol. The summed E-state index contributed by atoms with van der Waals surface area (Å²) in [5, 5.41) is 0. The van der Waals surface area contributed by atoms with E-state index in [0.717, 1.165) is 23.6 Å². The molecule has 0 radical (unpaired) electrons. The van der Waals surface area contributed by atoms with Crippen molar-refractivity contribution in [3.05, 3.63) is 23.3 Å². The number of rotatable bonds is 3. The van der Waals surface area contributed by atoms with Crippen molar-refractivity contribution >= 4 is 0 Å². The van der Waals surface area contributed by atoms with Crippen molar-refractivity contribution in [2.24, 2.45) is 0 Å². The number of aryl methyl sites for hydroxylation is 2. The van der Waals surface area contributed by atoms with Gasteiger partial charge in [0.25, 0.3) is 0 Å². The second kappa shape index (κ2) is 4.16. The molecule has 0 unspecified atom stereocenters. The fourth-order valence-corrected chi connectivity index (χ4v) is 1.07. The molecule has 1 heterocycles. The number of ether oxygens (including phenoxy) is 1. The van der Waals surface area contributed by atoms with Gasteiger partial charge in [-0.25, -0.2) is 9.97 Å². The van der Waals surface area contributed by atoms with Crippen LogP contribution in [0.1, 0.15) is 24.1 Å². The highest BCUT2D eigenvalue weighted by molar-refractivity contribution is 5.09. The van der Waals surface area contributed by atoms with E-state index in [0.29, 0.717) is 6.61 Å². The van der Waals surface area contributed by atoms with E-state index < -0.39 is 0 Å². The fourth-order valence-electron chi connectivity index (χ4n) is 1.07. The largest absolute Gasteiger partial charge is 0.377 e. The molecular weight excluding hydrogens is 152 g/mol. The minimum atomic E-state index is 0.495. The number of hydrogen-bond donors (Lipinski definition) is 0. The lowest BCUT2D eigenvalue weighted by molar-refractivity contribution is 0.177. The highest BCUT2D eigenvalue weighted by Crippen LogP contribution is 2.01. The lowest BCUT2D eigenvalue weighted by Gasteiger charge is -2.02. The third kappa shape index (κ3) is 2.27. The van der Waals surface area contributed by atoms with Gasteiger partial charge in [-0.15, -0.1) is 0 Å². The van der Waals surface area contributed by atoms with E-state index in [4.69, 9.17) is 4.74 Å². The van der Waals surface area contributed by atoms with Gasteiger partial charge in [0.05, 0.1) is 0 Å². The topological polar surface area (TPSA) is 35.0 Å². The third-order valence-electron chi connectivity index (χ3n) is 1.59. The number of hydrogen-bond acceptors (Lipinski definition) is 3. The van der Waals surface area contributed by atoms with Gasteiger partial charge in [0.15, 0.2) is 5.82 Å². The Morgan fingerprint density at radius 2 is 2.17 bits per heavy atom. The van der Waals surface area contributed by atoms with Crippen molar-refractivity contribution in [3.63, 3.8) is 0 Å². The van der Waals surface area contributed by atoms with Gasteiger partial charge in [-0.05, 0) is 19.4 Å². The standard InChI is InChI=1S/C9H14N2O/c1-4-8-5-7(2)10-9(11-8)6-12-3/h5H,4,6H2,1-3H3. The normalized spacial score (nSPS) is 10.2. The SMILES string of the molecule is CCc1cc(C)nc(COC)n1. The first-order valence-corrected chi connectivity index (χ1v) is 4.08. The second-order valence-electron chi connectivity index (χ2n) is 2.70. The first kappa shape index (κ1) is 9.13. The summed E-state index contributed by atoms with van der Waals surface area (Å²) in [7, 11) is 1.65. The molecule has 0 aliphatic rings. The second-order valence-corrected chi connectivity index (χ2v) is 2.70. The van der Waals surface area contributed by atoms with E-state index in [1.807, 2.05) is 13.0 Å². The number of nitrogens with zero attached hydrogens (tertiary/aromatic N) is 2. The number of methoxy groups -OCH3 is 1. The molecule has 12 heavy (non-hydrogen) atoms. The molecule has 3 nitrogen and oxygen atoms in total. The molecule has 3 heteroatoms. The molecule has 0 spiro atoms. The van der Waals surface area contributed by atoms with Crippen molar-refractivity contribution in [2.45, 2.75) is 26.9 Å². The fraction of sp³-hybridized carbons (Fsp3) is 0.556. The minimum Gasteiger partial charge on any atom is -0.377 e.